The van der Waals surface area contributed by atoms with Gasteiger partial charge in [-0.25, -0.2) is 4.79 Å². The number of rotatable bonds is 9. The summed E-state index contributed by atoms with van der Waals surface area (Å²) in [4.78, 5) is 11.1. The second-order valence-electron chi connectivity index (χ2n) is 4.09. The van der Waals surface area contributed by atoms with Gasteiger partial charge in [-0.15, -0.1) is 0 Å². The summed E-state index contributed by atoms with van der Waals surface area (Å²) in [6.07, 6.45) is 3.22. The maximum atomic E-state index is 11.1. The summed E-state index contributed by atoms with van der Waals surface area (Å²) < 4.78 is 10.7. The predicted molar refractivity (Wildman–Crippen MR) is 69.1 cm³/mol. The topological polar surface area (TPSA) is 35.5 Å². The van der Waals surface area contributed by atoms with E-state index in [1.54, 1.807) is 6.92 Å². The van der Waals surface area contributed by atoms with Crippen molar-refractivity contribution in [2.24, 2.45) is 0 Å². The van der Waals surface area contributed by atoms with E-state index >= 15 is 0 Å². The Labute approximate surface area is 101 Å². The van der Waals surface area contributed by atoms with Crippen LogP contribution in [0.2, 0.25) is 12.6 Å². The van der Waals surface area contributed by atoms with Crippen molar-refractivity contribution in [3.8, 4) is 0 Å². The Bertz CT molecular complexity index is 216. The van der Waals surface area contributed by atoms with Gasteiger partial charge in [0.25, 0.3) is 0 Å². The molecule has 0 fully saturated rings. The highest BCUT2D eigenvalue weighted by atomic mass is 28.3. The Morgan fingerprint density at radius 1 is 1.31 bits per heavy atom. The molecule has 4 heteroatoms. The van der Waals surface area contributed by atoms with E-state index in [0.29, 0.717) is 12.2 Å². The van der Waals surface area contributed by atoms with Crippen LogP contribution in [0.5, 0.6) is 0 Å². The van der Waals surface area contributed by atoms with E-state index in [0.717, 1.165) is 25.5 Å². The summed E-state index contributed by atoms with van der Waals surface area (Å²) in [5, 5.41) is 0. The lowest BCUT2D eigenvalue weighted by atomic mass is 10.4. The smallest absolute Gasteiger partial charge is 0.333 e. The molecule has 0 aromatic heterocycles. The zero-order chi connectivity index (χ0) is 12.4. The number of hydrogen-bond donors (Lipinski definition) is 0. The second kappa shape index (κ2) is 9.60. The van der Waals surface area contributed by atoms with Gasteiger partial charge < -0.3 is 9.16 Å². The Hall–Kier alpha value is -0.613. The molecule has 94 valence electrons. The molecular formula is C12H24O3Si. The number of carbonyl (C=O) groups excluding carboxylic acids is 1. The summed E-state index contributed by atoms with van der Waals surface area (Å²) in [7, 11) is -1.04. The fraction of sp³-hybridized carbons (Fsp3) is 0.750. The zero-order valence-electron chi connectivity index (χ0n) is 10.8. The molecule has 0 rings (SSSR count). The molecule has 16 heavy (non-hydrogen) atoms. The Balaban J connectivity index is 3.37. The van der Waals surface area contributed by atoms with Gasteiger partial charge in [0.15, 0.2) is 9.04 Å². The predicted octanol–water partition coefficient (Wildman–Crippen LogP) is 2.67. The highest BCUT2D eigenvalue weighted by molar-refractivity contribution is 6.50. The molecule has 0 amide bonds. The van der Waals surface area contributed by atoms with Crippen molar-refractivity contribution < 1.29 is 14.0 Å². The lowest BCUT2D eigenvalue weighted by Gasteiger charge is -2.11. The van der Waals surface area contributed by atoms with E-state index in [-0.39, 0.29) is 5.97 Å². The highest BCUT2D eigenvalue weighted by Gasteiger charge is 2.06. The molecule has 0 aliphatic rings. The van der Waals surface area contributed by atoms with Crippen LogP contribution in [-0.2, 0) is 14.0 Å². The van der Waals surface area contributed by atoms with Gasteiger partial charge in [-0.3, -0.25) is 0 Å². The van der Waals surface area contributed by atoms with Crippen molar-refractivity contribution in [2.45, 2.75) is 45.7 Å². The molecular weight excluding hydrogens is 220 g/mol. The summed E-state index contributed by atoms with van der Waals surface area (Å²) >= 11 is 0. The lowest BCUT2D eigenvalue weighted by Crippen LogP contribution is -2.15. The van der Waals surface area contributed by atoms with Gasteiger partial charge >= 0.3 is 5.97 Å². The van der Waals surface area contributed by atoms with E-state index in [1.165, 1.54) is 6.42 Å². The first-order valence-electron chi connectivity index (χ1n) is 6.02. The highest BCUT2D eigenvalue weighted by Crippen LogP contribution is 2.02. The molecule has 0 aliphatic heterocycles. The van der Waals surface area contributed by atoms with Crippen molar-refractivity contribution >= 4 is 15.0 Å². The first kappa shape index (κ1) is 15.4. The van der Waals surface area contributed by atoms with Crippen molar-refractivity contribution in [1.82, 2.24) is 0 Å². The molecule has 0 aromatic carbocycles. The maximum Gasteiger partial charge on any atom is 0.333 e. The van der Waals surface area contributed by atoms with Gasteiger partial charge in [0.2, 0.25) is 0 Å². The third-order valence-electron chi connectivity index (χ3n) is 2.24. The lowest BCUT2D eigenvalue weighted by molar-refractivity contribution is -0.138. The number of ether oxygens (including phenoxy) is 1. The number of unbranched alkanes of at least 4 members (excludes halogenated alkanes) is 1. The van der Waals surface area contributed by atoms with Gasteiger partial charge in [0, 0.05) is 12.2 Å². The Morgan fingerprint density at radius 2 is 2.00 bits per heavy atom. The molecule has 0 bridgehead atoms. The molecule has 0 heterocycles. The molecule has 0 saturated carbocycles. The third kappa shape index (κ3) is 8.68. The van der Waals surface area contributed by atoms with Gasteiger partial charge in [-0.05, 0) is 32.4 Å². The molecule has 0 aliphatic carbocycles. The first-order valence-corrected chi connectivity index (χ1v) is 8.46. The average molecular weight is 244 g/mol. The molecule has 3 nitrogen and oxygen atoms in total. The first-order chi connectivity index (χ1) is 7.57. The van der Waals surface area contributed by atoms with Crippen molar-refractivity contribution in [2.75, 3.05) is 13.2 Å². The van der Waals surface area contributed by atoms with Crippen LogP contribution < -0.4 is 0 Å². The fourth-order valence-corrected chi connectivity index (χ4v) is 2.65. The third-order valence-corrected chi connectivity index (χ3v) is 4.26. The van der Waals surface area contributed by atoms with Crippen LogP contribution in [0, 0.1) is 0 Å². The van der Waals surface area contributed by atoms with Crippen LogP contribution in [-0.4, -0.2) is 28.2 Å². The minimum Gasteiger partial charge on any atom is -0.462 e. The molecule has 0 spiro atoms. The van der Waals surface area contributed by atoms with Crippen molar-refractivity contribution in [3.63, 3.8) is 0 Å². The fourth-order valence-electron chi connectivity index (χ4n) is 1.17. The van der Waals surface area contributed by atoms with E-state index < -0.39 is 9.04 Å². The van der Waals surface area contributed by atoms with Crippen LogP contribution >= 0.6 is 0 Å². The monoisotopic (exact) mass is 244 g/mol. The minimum absolute atomic E-state index is 0.291. The second-order valence-corrected chi connectivity index (χ2v) is 6.63. The summed E-state index contributed by atoms with van der Waals surface area (Å²) in [6.45, 7) is 10.9. The molecule has 0 radical (unpaired) electrons. The van der Waals surface area contributed by atoms with Gasteiger partial charge in [0.1, 0.15) is 0 Å². The van der Waals surface area contributed by atoms with Gasteiger partial charge in [-0.2, -0.15) is 0 Å². The van der Waals surface area contributed by atoms with Crippen LogP contribution in [0.1, 0.15) is 33.1 Å². The summed E-state index contributed by atoms with van der Waals surface area (Å²) in [5.41, 5.74) is 0.462. The minimum atomic E-state index is -1.04. The van der Waals surface area contributed by atoms with Crippen LogP contribution in [0.3, 0.4) is 0 Å². The standard InChI is InChI=1S/C12H24O3Si/c1-5-6-9-15-16(4)10-7-8-14-12(13)11(2)3/h16H,2,5-10H2,1,3-4H3. The van der Waals surface area contributed by atoms with Crippen LogP contribution in [0.15, 0.2) is 12.2 Å². The Morgan fingerprint density at radius 3 is 2.56 bits per heavy atom. The van der Waals surface area contributed by atoms with E-state index in [9.17, 15) is 4.79 Å². The largest absolute Gasteiger partial charge is 0.462 e. The summed E-state index contributed by atoms with van der Waals surface area (Å²) in [5.74, 6) is -0.291. The zero-order valence-corrected chi connectivity index (χ0v) is 11.9. The SMILES string of the molecule is C=C(C)C(=O)OCCC[SiH](C)OCCCC. The van der Waals surface area contributed by atoms with Gasteiger partial charge in [-0.1, -0.05) is 19.9 Å². The number of hydrogen-bond acceptors (Lipinski definition) is 3. The van der Waals surface area contributed by atoms with E-state index in [1.807, 2.05) is 0 Å². The molecule has 0 saturated heterocycles. The van der Waals surface area contributed by atoms with Crippen LogP contribution in [0.4, 0.5) is 0 Å². The van der Waals surface area contributed by atoms with Crippen molar-refractivity contribution in [1.29, 1.82) is 0 Å². The number of carbonyl (C=O) groups is 1. The Kier molecular flexibility index (Phi) is 9.23. The van der Waals surface area contributed by atoms with Crippen molar-refractivity contribution in [3.05, 3.63) is 12.2 Å². The molecule has 0 aromatic rings. The number of esters is 1. The summed E-state index contributed by atoms with van der Waals surface area (Å²) in [6, 6.07) is 1.06. The molecule has 0 N–H and O–H groups in total. The quantitative estimate of drug-likeness (QED) is 0.271. The molecule has 1 atom stereocenters. The van der Waals surface area contributed by atoms with Gasteiger partial charge in [0.05, 0.1) is 6.61 Å². The van der Waals surface area contributed by atoms with Crippen LogP contribution in [0.25, 0.3) is 0 Å². The van der Waals surface area contributed by atoms with E-state index in [2.05, 4.69) is 20.0 Å². The average Bonchev–Trinajstić information content (AvgIpc) is 2.24. The molecule has 1 unspecified atom stereocenters. The maximum absolute atomic E-state index is 11.1. The normalized spacial score (nSPS) is 12.2. The van der Waals surface area contributed by atoms with E-state index in [4.69, 9.17) is 9.16 Å².